The van der Waals surface area contributed by atoms with Crippen LogP contribution in [0.4, 0.5) is 4.39 Å². The zero-order valence-electron chi connectivity index (χ0n) is 15.3. The van der Waals surface area contributed by atoms with Crippen molar-refractivity contribution >= 4 is 0 Å². The van der Waals surface area contributed by atoms with E-state index in [1.807, 2.05) is 12.1 Å². The Balaban J connectivity index is 1.41. The molecule has 0 amide bonds. The normalized spacial score (nSPS) is 46.9. The lowest BCUT2D eigenvalue weighted by Crippen LogP contribution is -2.61. The maximum absolute atomic E-state index is 13.3. The molecule has 1 N–H and O–H groups in total. The molecule has 5 aliphatic rings. The highest BCUT2D eigenvalue weighted by Gasteiger charge is 2.57. The summed E-state index contributed by atoms with van der Waals surface area (Å²) in [4.78, 5) is 5.08. The molecule has 0 spiro atoms. The van der Waals surface area contributed by atoms with Crippen LogP contribution < -0.4 is 0 Å². The topological polar surface area (TPSA) is 26.7 Å². The zero-order valence-corrected chi connectivity index (χ0v) is 15.3. The minimum atomic E-state index is -0.362. The van der Waals surface area contributed by atoms with E-state index in [4.69, 9.17) is 0 Å². The maximum atomic E-state index is 13.3. The van der Waals surface area contributed by atoms with Gasteiger partial charge in [-0.25, -0.2) is 4.39 Å². The highest BCUT2D eigenvalue weighted by molar-refractivity contribution is 5.26. The average molecular weight is 344 g/mol. The third-order valence-electron chi connectivity index (χ3n) is 7.83. The Labute approximate surface area is 149 Å². The fraction of sp³-hybridized carbons (Fsp3) is 0.714. The van der Waals surface area contributed by atoms with E-state index in [2.05, 4.69) is 23.8 Å². The lowest BCUT2D eigenvalue weighted by molar-refractivity contribution is -0.158. The second-order valence-electron chi connectivity index (χ2n) is 9.55. The van der Waals surface area contributed by atoms with Gasteiger partial charge in [0.05, 0.1) is 17.8 Å². The van der Waals surface area contributed by atoms with Crippen LogP contribution in [0.5, 0.6) is 0 Å². The number of hydrogen-bond donors (Lipinski definition) is 1. The number of halogens is 1. The van der Waals surface area contributed by atoms with Gasteiger partial charge in [-0.1, -0.05) is 12.1 Å². The first-order valence-corrected chi connectivity index (χ1v) is 9.80. The Hall–Kier alpha value is -0.970. The number of hydrogen-bond acceptors (Lipinski definition) is 3. The number of likely N-dealkylation sites (N-methyl/N-ethyl adjacent to an activating group) is 1. The molecule has 1 saturated heterocycles. The van der Waals surface area contributed by atoms with Crippen LogP contribution in [0.2, 0.25) is 0 Å². The van der Waals surface area contributed by atoms with Crippen LogP contribution in [0, 0.1) is 23.6 Å². The first-order valence-electron chi connectivity index (χ1n) is 9.80. The van der Waals surface area contributed by atoms with Crippen LogP contribution in [0.3, 0.4) is 0 Å². The molecule has 1 aromatic rings. The van der Waals surface area contributed by atoms with Gasteiger partial charge >= 0.3 is 0 Å². The summed E-state index contributed by atoms with van der Waals surface area (Å²) in [6.07, 6.45) is 5.64. The van der Waals surface area contributed by atoms with Crippen molar-refractivity contribution < 1.29 is 9.50 Å². The lowest BCUT2D eigenvalue weighted by Gasteiger charge is -2.60. The molecule has 4 aliphatic carbocycles. The predicted molar refractivity (Wildman–Crippen MR) is 95.4 cm³/mol. The van der Waals surface area contributed by atoms with Crippen molar-refractivity contribution in [3.05, 3.63) is 35.6 Å². The van der Waals surface area contributed by atoms with Gasteiger partial charge in [0, 0.05) is 12.6 Å². The molecule has 0 radical (unpaired) electrons. The van der Waals surface area contributed by atoms with E-state index in [9.17, 15) is 9.50 Å². The summed E-state index contributed by atoms with van der Waals surface area (Å²) in [5.41, 5.74) is 0.763. The van der Waals surface area contributed by atoms with Gasteiger partial charge in [0.15, 0.2) is 0 Å². The van der Waals surface area contributed by atoms with Gasteiger partial charge in [-0.3, -0.25) is 9.80 Å². The van der Waals surface area contributed by atoms with Crippen molar-refractivity contribution in [3.8, 4) is 0 Å². The molecule has 4 bridgehead atoms. The molecule has 6 rings (SSSR count). The lowest BCUT2D eigenvalue weighted by atomic mass is 9.52. The fourth-order valence-electron chi connectivity index (χ4n) is 6.87. The van der Waals surface area contributed by atoms with Crippen LogP contribution in [-0.2, 0) is 5.54 Å². The second kappa shape index (κ2) is 5.28. The smallest absolute Gasteiger partial charge is 0.123 e. The van der Waals surface area contributed by atoms with E-state index < -0.39 is 0 Å². The summed E-state index contributed by atoms with van der Waals surface area (Å²) in [5.74, 6) is 1.89. The largest absolute Gasteiger partial charge is 0.390 e. The van der Waals surface area contributed by atoms with E-state index in [0.29, 0.717) is 17.9 Å². The third-order valence-corrected chi connectivity index (χ3v) is 7.83. The number of nitrogens with zero attached hydrogens (tertiary/aromatic N) is 2. The second-order valence-corrected chi connectivity index (χ2v) is 9.55. The summed E-state index contributed by atoms with van der Waals surface area (Å²) >= 11 is 0. The molecule has 3 nitrogen and oxygen atoms in total. The fourth-order valence-corrected chi connectivity index (χ4v) is 6.87. The monoisotopic (exact) mass is 344 g/mol. The van der Waals surface area contributed by atoms with Gasteiger partial charge in [0.1, 0.15) is 5.82 Å². The van der Waals surface area contributed by atoms with Gasteiger partial charge in [0.25, 0.3) is 0 Å². The van der Waals surface area contributed by atoms with Gasteiger partial charge in [-0.2, -0.15) is 0 Å². The van der Waals surface area contributed by atoms with Gasteiger partial charge in [-0.15, -0.1) is 0 Å². The molecule has 4 heteroatoms. The molecule has 3 unspecified atom stereocenters. The quantitative estimate of drug-likeness (QED) is 0.893. The summed E-state index contributed by atoms with van der Waals surface area (Å²) in [7, 11) is 2.19. The van der Waals surface area contributed by atoms with Crippen LogP contribution in [0.25, 0.3) is 0 Å². The molecule has 0 aromatic heterocycles. The minimum absolute atomic E-state index is 0.0702. The standard InChI is InChI=1S/C21H29FN2O/c1-20(17-3-5-18(22)6-4-17)12-24(13-23(20)2)19-15-7-14-8-16(19)11-21(25,9-14)10-15/h3-6,14-16,19,25H,7-13H2,1-2H3. The highest BCUT2D eigenvalue weighted by Crippen LogP contribution is 2.57. The van der Waals surface area contributed by atoms with Crippen molar-refractivity contribution in [2.24, 2.45) is 17.8 Å². The zero-order chi connectivity index (χ0) is 17.4. The summed E-state index contributed by atoms with van der Waals surface area (Å²) in [5, 5.41) is 10.9. The van der Waals surface area contributed by atoms with Crippen LogP contribution in [0.15, 0.2) is 24.3 Å². The van der Waals surface area contributed by atoms with Gasteiger partial charge < -0.3 is 5.11 Å². The Morgan fingerprint density at radius 2 is 1.72 bits per heavy atom. The molecule has 25 heavy (non-hydrogen) atoms. The Morgan fingerprint density at radius 3 is 2.32 bits per heavy atom. The maximum Gasteiger partial charge on any atom is 0.123 e. The van der Waals surface area contributed by atoms with Crippen molar-refractivity contribution in [1.29, 1.82) is 0 Å². The van der Waals surface area contributed by atoms with Crippen molar-refractivity contribution in [1.82, 2.24) is 9.80 Å². The SMILES string of the molecule is CN1CN(C2C3CC4CC2CC(O)(C4)C3)CC1(C)c1ccc(F)cc1. The Morgan fingerprint density at radius 1 is 1.08 bits per heavy atom. The van der Waals surface area contributed by atoms with E-state index in [-0.39, 0.29) is 17.0 Å². The molecule has 3 atom stereocenters. The number of aliphatic hydroxyl groups is 1. The van der Waals surface area contributed by atoms with Crippen LogP contribution in [-0.4, -0.2) is 46.8 Å². The van der Waals surface area contributed by atoms with Crippen molar-refractivity contribution in [2.45, 2.75) is 56.2 Å². The first-order chi connectivity index (χ1) is 11.9. The van der Waals surface area contributed by atoms with Crippen LogP contribution in [0.1, 0.15) is 44.6 Å². The Kier molecular flexibility index (Phi) is 3.42. The van der Waals surface area contributed by atoms with Crippen LogP contribution >= 0.6 is 0 Å². The Bertz CT molecular complexity index is 661. The third kappa shape index (κ3) is 2.41. The highest BCUT2D eigenvalue weighted by atomic mass is 19.1. The first kappa shape index (κ1) is 16.2. The minimum Gasteiger partial charge on any atom is -0.390 e. The summed E-state index contributed by atoms with van der Waals surface area (Å²) in [6, 6.07) is 7.65. The molecular formula is C21H29FN2O. The summed E-state index contributed by atoms with van der Waals surface area (Å²) in [6.45, 7) is 4.24. The average Bonchev–Trinajstić information content (AvgIpc) is 2.82. The molecule has 1 aromatic carbocycles. The van der Waals surface area contributed by atoms with Gasteiger partial charge in [0.2, 0.25) is 0 Å². The van der Waals surface area contributed by atoms with E-state index in [0.717, 1.165) is 38.4 Å². The van der Waals surface area contributed by atoms with Gasteiger partial charge in [-0.05, 0) is 81.5 Å². The van der Waals surface area contributed by atoms with E-state index in [1.165, 1.54) is 18.4 Å². The molecule has 5 fully saturated rings. The molecule has 4 saturated carbocycles. The number of rotatable bonds is 2. The molecule has 136 valence electrons. The number of benzene rings is 1. The van der Waals surface area contributed by atoms with Crippen molar-refractivity contribution in [2.75, 3.05) is 20.3 Å². The summed E-state index contributed by atoms with van der Waals surface area (Å²) < 4.78 is 13.3. The van der Waals surface area contributed by atoms with Crippen molar-refractivity contribution in [3.63, 3.8) is 0 Å². The molecule has 1 aliphatic heterocycles. The molecule has 1 heterocycles. The predicted octanol–water partition coefficient (Wildman–Crippen LogP) is 3.19. The molecular weight excluding hydrogens is 315 g/mol. The van der Waals surface area contributed by atoms with E-state index in [1.54, 1.807) is 12.1 Å². The van der Waals surface area contributed by atoms with E-state index >= 15 is 0 Å².